The lowest BCUT2D eigenvalue weighted by molar-refractivity contribution is -0.121. The van der Waals surface area contributed by atoms with Gasteiger partial charge in [0.2, 0.25) is 5.91 Å². The molecule has 1 saturated carbocycles. The van der Waals surface area contributed by atoms with Crippen molar-refractivity contribution in [3.05, 3.63) is 69.5 Å². The largest absolute Gasteiger partial charge is 0.463 e. The van der Waals surface area contributed by atoms with Gasteiger partial charge in [0, 0.05) is 39.9 Å². The van der Waals surface area contributed by atoms with E-state index in [1.807, 2.05) is 19.9 Å². The van der Waals surface area contributed by atoms with E-state index in [2.05, 4.69) is 5.32 Å². The Morgan fingerprint density at radius 3 is 2.55 bits per heavy atom. The summed E-state index contributed by atoms with van der Waals surface area (Å²) >= 11 is 0. The fourth-order valence-electron chi connectivity index (χ4n) is 4.10. The van der Waals surface area contributed by atoms with Gasteiger partial charge in [0.15, 0.2) is 0 Å². The summed E-state index contributed by atoms with van der Waals surface area (Å²) in [7, 11) is 0. The zero-order valence-electron chi connectivity index (χ0n) is 17.4. The van der Waals surface area contributed by atoms with Gasteiger partial charge in [0.05, 0.1) is 6.26 Å². The summed E-state index contributed by atoms with van der Waals surface area (Å²) in [5.74, 6) is -0.340. The minimum absolute atomic E-state index is 0.0403. The number of amides is 1. The Hall–Kier alpha value is -3.41. The fraction of sp³-hybridized carbons (Fsp3) is 0.280. The number of hydrogen-bond donors (Lipinski definition) is 1. The molecule has 2 aromatic heterocycles. The summed E-state index contributed by atoms with van der Waals surface area (Å²) < 4.78 is 24.8. The number of hydrogen-bond acceptors (Lipinski definition) is 4. The first kappa shape index (κ1) is 19.5. The van der Waals surface area contributed by atoms with Crippen molar-refractivity contribution < 1.29 is 18.0 Å². The third-order valence-corrected chi connectivity index (χ3v) is 6.04. The molecule has 2 aromatic carbocycles. The van der Waals surface area contributed by atoms with Crippen LogP contribution in [-0.4, -0.2) is 11.9 Å². The Morgan fingerprint density at radius 2 is 1.84 bits per heavy atom. The molecule has 1 fully saturated rings. The van der Waals surface area contributed by atoms with E-state index in [1.54, 1.807) is 18.4 Å². The number of nitrogens with one attached hydrogen (secondary N) is 1. The molecule has 6 heteroatoms. The summed E-state index contributed by atoms with van der Waals surface area (Å²) in [5.41, 5.74) is 4.44. The minimum Gasteiger partial charge on any atom is -0.463 e. The van der Waals surface area contributed by atoms with Crippen LogP contribution in [0.4, 0.5) is 4.39 Å². The van der Waals surface area contributed by atoms with E-state index in [9.17, 15) is 14.0 Å². The Labute approximate surface area is 177 Å². The van der Waals surface area contributed by atoms with E-state index in [0.717, 1.165) is 45.9 Å². The number of rotatable bonds is 5. The molecule has 0 bridgehead atoms. The second-order valence-corrected chi connectivity index (χ2v) is 8.25. The molecule has 0 unspecified atom stereocenters. The van der Waals surface area contributed by atoms with Gasteiger partial charge in [-0.25, -0.2) is 9.18 Å². The lowest BCUT2D eigenvalue weighted by Crippen LogP contribution is -2.26. The van der Waals surface area contributed by atoms with E-state index >= 15 is 0 Å². The molecule has 31 heavy (non-hydrogen) atoms. The SMILES string of the molecule is Cc1c(CCC(=O)NC2CC2)c(=O)oc2c(C)c3occ(-c4ccc(F)cc4)c3cc12. The van der Waals surface area contributed by atoms with Crippen molar-refractivity contribution in [1.82, 2.24) is 5.32 Å². The van der Waals surface area contributed by atoms with Gasteiger partial charge < -0.3 is 14.2 Å². The van der Waals surface area contributed by atoms with Crippen LogP contribution in [0.2, 0.25) is 0 Å². The van der Waals surface area contributed by atoms with Gasteiger partial charge in [0.25, 0.3) is 0 Å². The first-order valence-electron chi connectivity index (χ1n) is 10.4. The highest BCUT2D eigenvalue weighted by Gasteiger charge is 2.24. The molecule has 1 amide bonds. The topological polar surface area (TPSA) is 72.5 Å². The fourth-order valence-corrected chi connectivity index (χ4v) is 4.10. The lowest BCUT2D eigenvalue weighted by Gasteiger charge is -2.10. The normalized spacial score (nSPS) is 13.8. The molecule has 1 aliphatic rings. The Kier molecular flexibility index (Phi) is 4.65. The predicted octanol–water partition coefficient (Wildman–Crippen LogP) is 5.17. The molecular weight excluding hydrogens is 397 g/mol. The number of halogens is 1. The molecule has 0 aliphatic heterocycles. The summed E-state index contributed by atoms with van der Waals surface area (Å²) in [6.45, 7) is 3.74. The van der Waals surface area contributed by atoms with Crippen LogP contribution < -0.4 is 10.9 Å². The van der Waals surface area contributed by atoms with Crippen molar-refractivity contribution >= 4 is 27.8 Å². The van der Waals surface area contributed by atoms with Crippen LogP contribution in [-0.2, 0) is 11.2 Å². The average molecular weight is 419 g/mol. The quantitative estimate of drug-likeness (QED) is 0.453. The Balaban J connectivity index is 1.60. The Morgan fingerprint density at radius 1 is 1.10 bits per heavy atom. The molecule has 0 saturated heterocycles. The zero-order chi connectivity index (χ0) is 21.7. The number of furan rings is 1. The van der Waals surface area contributed by atoms with E-state index in [0.29, 0.717) is 29.2 Å². The molecule has 0 spiro atoms. The van der Waals surface area contributed by atoms with Crippen LogP contribution in [0.3, 0.4) is 0 Å². The summed E-state index contributed by atoms with van der Waals surface area (Å²) in [6, 6.07) is 8.49. The monoisotopic (exact) mass is 419 g/mol. The maximum Gasteiger partial charge on any atom is 0.339 e. The second kappa shape index (κ2) is 7.38. The van der Waals surface area contributed by atoms with Crippen LogP contribution in [0.25, 0.3) is 33.1 Å². The highest BCUT2D eigenvalue weighted by atomic mass is 19.1. The highest BCUT2D eigenvalue weighted by molar-refractivity contribution is 6.04. The van der Waals surface area contributed by atoms with E-state index < -0.39 is 5.63 Å². The number of benzene rings is 2. The van der Waals surface area contributed by atoms with Crippen molar-refractivity contribution in [2.75, 3.05) is 0 Å². The molecule has 4 aromatic rings. The van der Waals surface area contributed by atoms with Crippen LogP contribution in [0.15, 0.2) is 50.2 Å². The summed E-state index contributed by atoms with van der Waals surface area (Å²) in [4.78, 5) is 24.8. The summed E-state index contributed by atoms with van der Waals surface area (Å²) in [6.07, 6.45) is 4.27. The first-order chi connectivity index (χ1) is 14.9. The first-order valence-corrected chi connectivity index (χ1v) is 10.4. The molecule has 5 rings (SSSR count). The van der Waals surface area contributed by atoms with Crippen LogP contribution >= 0.6 is 0 Å². The smallest absolute Gasteiger partial charge is 0.339 e. The Bertz CT molecular complexity index is 1380. The van der Waals surface area contributed by atoms with E-state index in [4.69, 9.17) is 8.83 Å². The third-order valence-electron chi connectivity index (χ3n) is 6.04. The van der Waals surface area contributed by atoms with Gasteiger partial charge in [-0.15, -0.1) is 0 Å². The third kappa shape index (κ3) is 3.52. The molecular formula is C25H22FNO4. The molecule has 0 radical (unpaired) electrons. The molecule has 1 aliphatic carbocycles. The number of carbonyl (C=O) groups is 1. The number of fused-ring (bicyclic) bond motifs is 2. The molecule has 2 heterocycles. The highest BCUT2D eigenvalue weighted by Crippen LogP contribution is 2.37. The van der Waals surface area contributed by atoms with Gasteiger partial charge in [-0.2, -0.15) is 0 Å². The average Bonchev–Trinajstić information content (AvgIpc) is 3.45. The van der Waals surface area contributed by atoms with Crippen LogP contribution in [0.5, 0.6) is 0 Å². The molecule has 158 valence electrons. The van der Waals surface area contributed by atoms with Gasteiger partial charge in [0.1, 0.15) is 17.0 Å². The van der Waals surface area contributed by atoms with Crippen LogP contribution in [0.1, 0.15) is 36.0 Å². The summed E-state index contributed by atoms with van der Waals surface area (Å²) in [5, 5.41) is 4.63. The number of aryl methyl sites for hydroxylation is 2. The molecule has 5 nitrogen and oxygen atoms in total. The van der Waals surface area contributed by atoms with Gasteiger partial charge in [-0.05, 0) is 62.4 Å². The van der Waals surface area contributed by atoms with Gasteiger partial charge in [-0.1, -0.05) is 12.1 Å². The van der Waals surface area contributed by atoms with Crippen molar-refractivity contribution in [2.24, 2.45) is 0 Å². The van der Waals surface area contributed by atoms with Crippen LogP contribution in [0, 0.1) is 19.7 Å². The molecule has 1 N–H and O–H groups in total. The van der Waals surface area contributed by atoms with Gasteiger partial charge in [-0.3, -0.25) is 4.79 Å². The van der Waals surface area contributed by atoms with E-state index in [1.165, 1.54) is 12.1 Å². The maximum absolute atomic E-state index is 13.4. The van der Waals surface area contributed by atoms with Crippen molar-refractivity contribution in [3.8, 4) is 11.1 Å². The molecule has 0 atom stereocenters. The zero-order valence-corrected chi connectivity index (χ0v) is 17.4. The lowest BCUT2D eigenvalue weighted by atomic mass is 9.96. The maximum atomic E-state index is 13.4. The van der Waals surface area contributed by atoms with Crippen molar-refractivity contribution in [2.45, 2.75) is 45.6 Å². The van der Waals surface area contributed by atoms with Crippen molar-refractivity contribution in [3.63, 3.8) is 0 Å². The standard InChI is InChI=1S/C25H22FNO4/c1-13-18(9-10-22(28)27-17-7-8-17)25(29)31-24-14(2)23-20(11-19(13)24)21(12-30-23)15-3-5-16(26)6-4-15/h3-6,11-12,17H,7-10H2,1-2H3,(H,27,28). The van der Waals surface area contributed by atoms with E-state index in [-0.39, 0.29) is 18.1 Å². The second-order valence-electron chi connectivity index (χ2n) is 8.25. The number of carbonyl (C=O) groups excluding carboxylic acids is 1. The van der Waals surface area contributed by atoms with Crippen molar-refractivity contribution in [1.29, 1.82) is 0 Å². The minimum atomic E-state index is -0.419. The van der Waals surface area contributed by atoms with Gasteiger partial charge >= 0.3 is 5.63 Å². The predicted molar refractivity (Wildman–Crippen MR) is 117 cm³/mol.